The smallest absolute Gasteiger partial charge is 0.0644 e. The zero-order chi connectivity index (χ0) is 13.9. The molecule has 1 aromatic heterocycles. The van der Waals surface area contributed by atoms with E-state index in [1.165, 1.54) is 11.3 Å². The van der Waals surface area contributed by atoms with Crippen LogP contribution in [0.4, 0.5) is 0 Å². The van der Waals surface area contributed by atoms with E-state index >= 15 is 0 Å². The third kappa shape index (κ3) is 3.33. The molecule has 0 saturated heterocycles. The molecule has 4 nitrogen and oxygen atoms in total. The molecule has 0 aliphatic rings. The van der Waals surface area contributed by atoms with Gasteiger partial charge in [0, 0.05) is 31.0 Å². The highest BCUT2D eigenvalue weighted by Gasteiger charge is 2.20. The number of hydrogen-bond acceptors (Lipinski definition) is 3. The topological polar surface area (TPSA) is 39.1 Å². The highest BCUT2D eigenvalue weighted by atomic mass is 16.5. The zero-order valence-electron chi connectivity index (χ0n) is 12.8. The highest BCUT2D eigenvalue weighted by Crippen LogP contribution is 2.22. The summed E-state index contributed by atoms with van der Waals surface area (Å²) in [5, 5.41) is 7.92. The number of nitrogens with zero attached hydrogens (tertiary/aromatic N) is 2. The Labute approximate surface area is 111 Å². The first-order valence-electron chi connectivity index (χ1n) is 6.58. The van der Waals surface area contributed by atoms with E-state index in [0.29, 0.717) is 6.04 Å². The van der Waals surface area contributed by atoms with Crippen LogP contribution >= 0.6 is 0 Å². The number of nitrogens with one attached hydrogen (secondary N) is 1. The van der Waals surface area contributed by atoms with Gasteiger partial charge in [-0.2, -0.15) is 5.10 Å². The van der Waals surface area contributed by atoms with Crippen molar-refractivity contribution in [2.24, 2.45) is 0 Å². The van der Waals surface area contributed by atoms with Gasteiger partial charge in [0.05, 0.1) is 11.3 Å². The number of methoxy groups -OCH3 is 1. The Hall–Kier alpha value is -0.870. The molecule has 1 N–H and O–H groups in total. The molecule has 1 atom stereocenters. The van der Waals surface area contributed by atoms with Gasteiger partial charge in [0.25, 0.3) is 0 Å². The van der Waals surface area contributed by atoms with Gasteiger partial charge in [-0.05, 0) is 48.1 Å². The number of hydrogen-bond donors (Lipinski definition) is 1. The molecular weight excluding hydrogens is 226 g/mol. The number of aromatic nitrogens is 2. The number of ether oxygens (including phenoxy) is 1. The summed E-state index contributed by atoms with van der Waals surface area (Å²) in [6, 6.07) is 0.342. The normalized spacial score (nSPS) is 13.9. The molecule has 0 aliphatic carbocycles. The first-order chi connectivity index (χ1) is 8.32. The maximum Gasteiger partial charge on any atom is 0.0644 e. The predicted octanol–water partition coefficient (Wildman–Crippen LogP) is 2.60. The summed E-state index contributed by atoms with van der Waals surface area (Å²) in [4.78, 5) is 0. The molecule has 0 radical (unpaired) electrons. The van der Waals surface area contributed by atoms with Crippen LogP contribution in [0.2, 0.25) is 0 Å². The van der Waals surface area contributed by atoms with Crippen molar-refractivity contribution in [2.75, 3.05) is 14.2 Å². The second kappa shape index (κ2) is 5.85. The lowest BCUT2D eigenvalue weighted by molar-refractivity contribution is 0.0112. The number of aryl methyl sites for hydroxylation is 2. The van der Waals surface area contributed by atoms with E-state index in [9.17, 15) is 0 Å². The van der Waals surface area contributed by atoms with Gasteiger partial charge in [-0.1, -0.05) is 0 Å². The molecule has 0 amide bonds. The minimum absolute atomic E-state index is 0.0962. The fraction of sp³-hybridized carbons (Fsp3) is 0.786. The van der Waals surface area contributed by atoms with Gasteiger partial charge >= 0.3 is 0 Å². The van der Waals surface area contributed by atoms with Crippen molar-refractivity contribution in [1.82, 2.24) is 15.1 Å². The van der Waals surface area contributed by atoms with Crippen LogP contribution in [0.25, 0.3) is 0 Å². The minimum atomic E-state index is -0.0962. The molecule has 0 aromatic carbocycles. The van der Waals surface area contributed by atoms with Crippen LogP contribution in [0.3, 0.4) is 0 Å². The van der Waals surface area contributed by atoms with Gasteiger partial charge < -0.3 is 10.1 Å². The highest BCUT2D eigenvalue weighted by molar-refractivity contribution is 5.27. The quantitative estimate of drug-likeness (QED) is 0.847. The van der Waals surface area contributed by atoms with Crippen molar-refractivity contribution in [2.45, 2.75) is 59.2 Å². The fourth-order valence-corrected chi connectivity index (χ4v) is 2.18. The lowest BCUT2D eigenvalue weighted by Gasteiger charge is -2.23. The van der Waals surface area contributed by atoms with E-state index in [0.717, 1.165) is 18.7 Å². The lowest BCUT2D eigenvalue weighted by Crippen LogP contribution is -2.25. The predicted molar refractivity (Wildman–Crippen MR) is 74.9 cm³/mol. The summed E-state index contributed by atoms with van der Waals surface area (Å²) in [5.41, 5.74) is 3.58. The minimum Gasteiger partial charge on any atom is -0.379 e. The van der Waals surface area contributed by atoms with Crippen molar-refractivity contribution >= 4 is 0 Å². The SMILES string of the molecule is CNC(C)c1c(C)nn(CCC(C)(C)OC)c1C. The second-order valence-electron chi connectivity index (χ2n) is 5.53. The number of rotatable bonds is 6. The summed E-state index contributed by atoms with van der Waals surface area (Å²) in [6.07, 6.45) is 0.957. The van der Waals surface area contributed by atoms with E-state index in [1.54, 1.807) is 7.11 Å². The maximum absolute atomic E-state index is 5.45. The van der Waals surface area contributed by atoms with E-state index in [-0.39, 0.29) is 5.60 Å². The van der Waals surface area contributed by atoms with Crippen molar-refractivity contribution in [3.63, 3.8) is 0 Å². The monoisotopic (exact) mass is 253 g/mol. The first-order valence-corrected chi connectivity index (χ1v) is 6.58. The Bertz CT molecular complexity index is 396. The van der Waals surface area contributed by atoms with E-state index in [1.807, 2.05) is 7.05 Å². The van der Waals surface area contributed by atoms with Crippen LogP contribution in [0, 0.1) is 13.8 Å². The van der Waals surface area contributed by atoms with Crippen LogP contribution in [0.5, 0.6) is 0 Å². The molecule has 1 heterocycles. The molecule has 1 aromatic rings. The Morgan fingerprint density at radius 1 is 1.39 bits per heavy atom. The molecule has 0 aliphatic heterocycles. The van der Waals surface area contributed by atoms with E-state index in [2.05, 4.69) is 49.7 Å². The van der Waals surface area contributed by atoms with Crippen LogP contribution in [0.1, 0.15) is 50.2 Å². The fourth-order valence-electron chi connectivity index (χ4n) is 2.18. The van der Waals surface area contributed by atoms with Crippen LogP contribution in [-0.4, -0.2) is 29.5 Å². The van der Waals surface area contributed by atoms with Crippen molar-refractivity contribution in [1.29, 1.82) is 0 Å². The maximum atomic E-state index is 5.45. The molecule has 4 heteroatoms. The largest absolute Gasteiger partial charge is 0.379 e. The summed E-state index contributed by atoms with van der Waals surface area (Å²) in [6.45, 7) is 11.5. The third-order valence-corrected chi connectivity index (χ3v) is 3.78. The molecule has 1 rings (SSSR count). The molecule has 18 heavy (non-hydrogen) atoms. The lowest BCUT2D eigenvalue weighted by atomic mass is 10.0. The Morgan fingerprint density at radius 2 is 2.00 bits per heavy atom. The van der Waals surface area contributed by atoms with Crippen molar-refractivity contribution in [3.8, 4) is 0 Å². The van der Waals surface area contributed by atoms with Crippen LogP contribution < -0.4 is 5.32 Å². The van der Waals surface area contributed by atoms with Gasteiger partial charge in [0.15, 0.2) is 0 Å². The van der Waals surface area contributed by atoms with Crippen molar-refractivity contribution < 1.29 is 4.74 Å². The molecule has 0 spiro atoms. The Balaban J connectivity index is 2.86. The summed E-state index contributed by atoms with van der Waals surface area (Å²) < 4.78 is 7.55. The molecule has 0 saturated carbocycles. The van der Waals surface area contributed by atoms with Gasteiger partial charge in [-0.15, -0.1) is 0 Å². The summed E-state index contributed by atoms with van der Waals surface area (Å²) in [7, 11) is 3.74. The molecule has 104 valence electrons. The van der Waals surface area contributed by atoms with E-state index < -0.39 is 0 Å². The van der Waals surface area contributed by atoms with Crippen LogP contribution in [0.15, 0.2) is 0 Å². The molecular formula is C14H27N3O. The van der Waals surface area contributed by atoms with Gasteiger partial charge in [-0.25, -0.2) is 0 Å². The standard InChI is InChI=1S/C14H27N3O/c1-10(15-6)13-11(2)16-17(12(13)3)9-8-14(4,5)18-7/h10,15H,8-9H2,1-7H3. The Kier molecular flexibility index (Phi) is 4.93. The molecule has 0 bridgehead atoms. The third-order valence-electron chi connectivity index (χ3n) is 3.78. The van der Waals surface area contributed by atoms with Gasteiger partial charge in [0.1, 0.15) is 0 Å². The average Bonchev–Trinajstić information content (AvgIpc) is 2.61. The van der Waals surface area contributed by atoms with Gasteiger partial charge in [-0.3, -0.25) is 4.68 Å². The molecule has 1 unspecified atom stereocenters. The average molecular weight is 253 g/mol. The first kappa shape index (κ1) is 15.2. The Morgan fingerprint density at radius 3 is 2.50 bits per heavy atom. The van der Waals surface area contributed by atoms with Crippen LogP contribution in [-0.2, 0) is 11.3 Å². The zero-order valence-corrected chi connectivity index (χ0v) is 12.8. The summed E-state index contributed by atoms with van der Waals surface area (Å²) >= 11 is 0. The molecule has 0 fully saturated rings. The van der Waals surface area contributed by atoms with Gasteiger partial charge in [0.2, 0.25) is 0 Å². The summed E-state index contributed by atoms with van der Waals surface area (Å²) in [5.74, 6) is 0. The second-order valence-corrected chi connectivity index (χ2v) is 5.53. The van der Waals surface area contributed by atoms with Crippen molar-refractivity contribution in [3.05, 3.63) is 17.0 Å². The van der Waals surface area contributed by atoms with E-state index in [4.69, 9.17) is 4.74 Å².